The summed E-state index contributed by atoms with van der Waals surface area (Å²) in [6.07, 6.45) is 0. The number of hydrogen-bond acceptors (Lipinski definition) is 0. The van der Waals surface area contributed by atoms with Crippen molar-refractivity contribution in [3.05, 3.63) is 91.0 Å². The molecular weight excluding hydrogens is 445 g/mol. The summed E-state index contributed by atoms with van der Waals surface area (Å²) >= 11 is -2.61. The normalized spacial score (nSPS) is 11.6. The Morgan fingerprint density at radius 2 is 0.750 bits per heavy atom. The molecule has 6 aromatic rings. The monoisotopic (exact) mass is 463 g/mol. The fourth-order valence-electron chi connectivity index (χ4n) is 4.26. The van der Waals surface area contributed by atoms with Crippen LogP contribution < -0.4 is 10.4 Å². The minimum atomic E-state index is -2.61. The molecule has 3 heterocycles. The first-order valence-electron chi connectivity index (χ1n) is 9.58. The second-order valence-corrected chi connectivity index (χ2v) is 15.2. The molecule has 0 unspecified atom stereocenters. The van der Waals surface area contributed by atoms with E-state index in [-0.39, 0.29) is 0 Å². The van der Waals surface area contributed by atoms with E-state index in [1.807, 2.05) is 0 Å². The van der Waals surface area contributed by atoms with Gasteiger partial charge < -0.3 is 0 Å². The number of aromatic amines is 3. The molecule has 0 amide bonds. The molecule has 132 valence electrons. The summed E-state index contributed by atoms with van der Waals surface area (Å²) in [5, 5.41) is 3.85. The summed E-state index contributed by atoms with van der Waals surface area (Å²) in [5.41, 5.74) is 3.64. The molecule has 3 aromatic carbocycles. The molecule has 0 bridgehead atoms. The summed E-state index contributed by atoms with van der Waals surface area (Å²) in [5.74, 6) is 0. The zero-order valence-electron chi connectivity index (χ0n) is 15.2. The maximum absolute atomic E-state index is 3.73. The van der Waals surface area contributed by atoms with E-state index in [1.54, 1.807) is 0 Å². The summed E-state index contributed by atoms with van der Waals surface area (Å²) in [7, 11) is 0. The number of para-hydroxylation sites is 3. The van der Waals surface area contributed by atoms with Crippen LogP contribution in [0.3, 0.4) is 0 Å². The fourth-order valence-corrected chi connectivity index (χ4v) is 12.7. The molecule has 0 aliphatic heterocycles. The van der Waals surface area contributed by atoms with Crippen LogP contribution in [-0.2, 0) is 0 Å². The van der Waals surface area contributed by atoms with Crippen LogP contribution in [0.25, 0.3) is 32.7 Å². The van der Waals surface area contributed by atoms with E-state index >= 15 is 0 Å². The molecule has 0 spiro atoms. The zero-order chi connectivity index (χ0) is 18.5. The summed E-state index contributed by atoms with van der Waals surface area (Å²) in [4.78, 5) is 11.2. The van der Waals surface area contributed by atoms with Gasteiger partial charge in [0.05, 0.1) is 0 Å². The van der Waals surface area contributed by atoms with E-state index in [0.29, 0.717) is 0 Å². The van der Waals surface area contributed by atoms with Crippen LogP contribution in [-0.4, -0.2) is 36.4 Å². The minimum absolute atomic E-state index is 1.21. The molecule has 0 atom stereocenters. The van der Waals surface area contributed by atoms with Gasteiger partial charge in [-0.05, 0) is 0 Å². The Hall–Kier alpha value is -2.85. The van der Waals surface area contributed by atoms with Crippen LogP contribution in [0.4, 0.5) is 0 Å². The average Bonchev–Trinajstić information content (AvgIpc) is 3.44. The van der Waals surface area contributed by atoms with Crippen molar-refractivity contribution >= 4 is 64.5 Å². The molecule has 3 nitrogen and oxygen atoms in total. The number of fused-ring (bicyclic) bond motifs is 3. The molecule has 28 heavy (non-hydrogen) atoms. The summed E-state index contributed by atoms with van der Waals surface area (Å²) in [6, 6.07) is 32.7. The van der Waals surface area contributed by atoms with Crippen LogP contribution in [0.2, 0.25) is 0 Å². The van der Waals surface area contributed by atoms with Gasteiger partial charge in [-0.15, -0.1) is 0 Å². The van der Waals surface area contributed by atoms with Crippen molar-refractivity contribution in [1.29, 1.82) is 0 Å². The van der Waals surface area contributed by atoms with Crippen molar-refractivity contribution in [2.75, 3.05) is 0 Å². The van der Waals surface area contributed by atoms with Gasteiger partial charge in [0.1, 0.15) is 0 Å². The van der Waals surface area contributed by atoms with Crippen molar-refractivity contribution in [2.24, 2.45) is 0 Å². The fraction of sp³-hybridized carbons (Fsp3) is 0. The molecule has 3 aromatic heterocycles. The Labute approximate surface area is 169 Å². The van der Waals surface area contributed by atoms with Gasteiger partial charge in [-0.2, -0.15) is 0 Å². The Bertz CT molecular complexity index is 1160. The van der Waals surface area contributed by atoms with E-state index in [0.717, 1.165) is 0 Å². The van der Waals surface area contributed by atoms with Crippen molar-refractivity contribution in [3.63, 3.8) is 0 Å². The van der Waals surface area contributed by atoms with Crippen LogP contribution >= 0.6 is 0 Å². The molecule has 0 aliphatic carbocycles. The predicted octanol–water partition coefficient (Wildman–Crippen LogP) is 3.65. The van der Waals surface area contributed by atoms with Crippen molar-refractivity contribution in [3.8, 4) is 0 Å². The first-order chi connectivity index (χ1) is 13.8. The van der Waals surface area contributed by atoms with Gasteiger partial charge in [-0.25, -0.2) is 0 Å². The van der Waals surface area contributed by atoms with E-state index < -0.39 is 21.4 Å². The topological polar surface area (TPSA) is 47.4 Å². The number of H-pyrrole nitrogens is 3. The zero-order valence-corrected chi connectivity index (χ0v) is 18.5. The van der Waals surface area contributed by atoms with Crippen molar-refractivity contribution in [1.82, 2.24) is 15.0 Å². The Morgan fingerprint density at radius 3 is 1.07 bits per heavy atom. The summed E-state index contributed by atoms with van der Waals surface area (Å²) in [6.45, 7) is 0. The Morgan fingerprint density at radius 1 is 0.429 bits per heavy atom. The van der Waals surface area contributed by atoms with Gasteiger partial charge in [0, 0.05) is 0 Å². The Balaban J connectivity index is 1.60. The molecule has 0 fully saturated rings. The van der Waals surface area contributed by atoms with Crippen LogP contribution in [0, 0.1) is 0 Å². The average molecular weight is 463 g/mol. The molecule has 3 N–H and O–H groups in total. The van der Waals surface area contributed by atoms with E-state index in [1.165, 1.54) is 43.1 Å². The van der Waals surface area contributed by atoms with Gasteiger partial charge in [-0.3, -0.25) is 0 Å². The van der Waals surface area contributed by atoms with E-state index in [9.17, 15) is 0 Å². The van der Waals surface area contributed by atoms with E-state index in [2.05, 4.69) is 106 Å². The third-order valence-electron chi connectivity index (χ3n) is 5.59. The number of hydrogen-bond donors (Lipinski definition) is 3. The molecule has 0 radical (unpaired) electrons. The second kappa shape index (κ2) is 6.35. The van der Waals surface area contributed by atoms with Gasteiger partial charge in [-0.1, -0.05) is 0 Å². The Kier molecular flexibility index (Phi) is 3.66. The number of aromatic nitrogens is 3. The van der Waals surface area contributed by atoms with Gasteiger partial charge in [0.15, 0.2) is 0 Å². The summed E-state index contributed by atoms with van der Waals surface area (Å²) < 4.78 is 4.17. The first kappa shape index (κ1) is 16.1. The number of rotatable bonds is 3. The first-order valence-corrected chi connectivity index (χ1v) is 14.5. The van der Waals surface area contributed by atoms with Crippen LogP contribution in [0.15, 0.2) is 91.0 Å². The molecular formula is C24H18InN3. The third kappa shape index (κ3) is 2.60. The molecule has 0 saturated carbocycles. The number of benzene rings is 3. The van der Waals surface area contributed by atoms with Crippen LogP contribution in [0.5, 0.6) is 0 Å². The molecule has 0 saturated heterocycles. The van der Waals surface area contributed by atoms with Gasteiger partial charge >= 0.3 is 170 Å². The van der Waals surface area contributed by atoms with Crippen LogP contribution in [0.1, 0.15) is 0 Å². The SMILES string of the molecule is c1ccc2[nH][c]([In]([c]3cc4ccccc4[nH]3)[c]3cc4ccccc4[nH]3)cc2c1. The number of nitrogens with one attached hydrogen (secondary N) is 3. The van der Waals surface area contributed by atoms with E-state index in [4.69, 9.17) is 0 Å². The van der Waals surface area contributed by atoms with Gasteiger partial charge in [0.25, 0.3) is 0 Å². The van der Waals surface area contributed by atoms with Crippen molar-refractivity contribution in [2.45, 2.75) is 0 Å². The predicted molar refractivity (Wildman–Crippen MR) is 120 cm³/mol. The quantitative estimate of drug-likeness (QED) is 0.359. The second-order valence-electron chi connectivity index (χ2n) is 7.37. The third-order valence-corrected chi connectivity index (χ3v) is 13.6. The molecule has 6 rings (SSSR count). The standard InChI is InChI=1S/3C8H6N.In/c3*1-2-4-8-7(3-1)5-6-9-8;/h3*1-5,9H;. The van der Waals surface area contributed by atoms with Gasteiger partial charge in [0.2, 0.25) is 0 Å². The van der Waals surface area contributed by atoms with Crippen molar-refractivity contribution < 1.29 is 0 Å². The molecule has 4 heteroatoms. The maximum atomic E-state index is 3.73. The molecule has 0 aliphatic rings.